The van der Waals surface area contributed by atoms with Crippen molar-refractivity contribution in [3.05, 3.63) is 69.7 Å². The van der Waals surface area contributed by atoms with Crippen molar-refractivity contribution in [1.29, 1.82) is 0 Å². The average Bonchev–Trinajstić information content (AvgIpc) is 2.37. The zero-order chi connectivity index (χ0) is 12.5. The van der Waals surface area contributed by atoms with Crippen molar-refractivity contribution in [3.63, 3.8) is 0 Å². The molecule has 0 radical (unpaired) electrons. The third-order valence-electron chi connectivity index (χ3n) is 3.50. The Morgan fingerprint density at radius 1 is 1.06 bits per heavy atom. The molecule has 1 aliphatic carbocycles. The fourth-order valence-corrected chi connectivity index (χ4v) is 3.10. The Morgan fingerprint density at radius 2 is 1.89 bits per heavy atom. The number of Topliss-reactive ketones (excluding diaryl/α,β-unsaturated/α-hetero) is 1. The Bertz CT molecular complexity index is 604. The van der Waals surface area contributed by atoms with Crippen LogP contribution in [-0.2, 0) is 11.2 Å². The monoisotopic (exact) mass is 300 g/mol. The highest BCUT2D eigenvalue weighted by molar-refractivity contribution is 9.10. The molecule has 3 rings (SSSR count). The van der Waals surface area contributed by atoms with Crippen LogP contribution >= 0.6 is 15.9 Å². The van der Waals surface area contributed by atoms with Crippen LogP contribution in [0.3, 0.4) is 0 Å². The molecule has 0 saturated carbocycles. The molecule has 0 heterocycles. The fourth-order valence-electron chi connectivity index (χ4n) is 2.68. The second kappa shape index (κ2) is 4.69. The second-order valence-corrected chi connectivity index (χ2v) is 5.64. The lowest BCUT2D eigenvalue weighted by molar-refractivity contribution is -0.119. The molecule has 0 N–H and O–H groups in total. The summed E-state index contributed by atoms with van der Waals surface area (Å²) in [6.45, 7) is 0. The summed E-state index contributed by atoms with van der Waals surface area (Å²) in [7, 11) is 0. The topological polar surface area (TPSA) is 17.1 Å². The van der Waals surface area contributed by atoms with Gasteiger partial charge in [0.1, 0.15) is 5.78 Å². The summed E-state index contributed by atoms with van der Waals surface area (Å²) < 4.78 is 1.07. The van der Waals surface area contributed by atoms with E-state index in [-0.39, 0.29) is 5.92 Å². The summed E-state index contributed by atoms with van der Waals surface area (Å²) >= 11 is 3.50. The molecule has 0 aliphatic heterocycles. The van der Waals surface area contributed by atoms with Crippen molar-refractivity contribution in [2.24, 2.45) is 0 Å². The van der Waals surface area contributed by atoms with Gasteiger partial charge in [0.05, 0.1) is 0 Å². The third kappa shape index (κ3) is 2.13. The minimum absolute atomic E-state index is 0.208. The van der Waals surface area contributed by atoms with Crippen LogP contribution in [-0.4, -0.2) is 5.78 Å². The van der Waals surface area contributed by atoms with Gasteiger partial charge in [0, 0.05) is 23.2 Å². The molecular weight excluding hydrogens is 288 g/mol. The van der Waals surface area contributed by atoms with Crippen molar-refractivity contribution in [2.75, 3.05) is 0 Å². The first kappa shape index (κ1) is 11.7. The van der Waals surface area contributed by atoms with Gasteiger partial charge in [-0.25, -0.2) is 0 Å². The normalized spacial score (nSPS) is 18.5. The standard InChI is InChI=1S/C16H13BrO/c17-13-6-3-5-11(8-13)16-10-14(18)9-12-4-1-2-7-15(12)16/h1-8,16H,9-10H2. The molecule has 1 unspecified atom stereocenters. The van der Waals surface area contributed by atoms with E-state index in [4.69, 9.17) is 0 Å². The van der Waals surface area contributed by atoms with Gasteiger partial charge in [0.25, 0.3) is 0 Å². The van der Waals surface area contributed by atoms with Gasteiger partial charge in [-0.05, 0) is 28.8 Å². The first-order chi connectivity index (χ1) is 8.74. The first-order valence-corrected chi connectivity index (χ1v) is 6.88. The molecule has 0 bridgehead atoms. The molecule has 0 saturated heterocycles. The van der Waals surface area contributed by atoms with Crippen LogP contribution in [0.1, 0.15) is 29.0 Å². The van der Waals surface area contributed by atoms with Gasteiger partial charge < -0.3 is 0 Å². The van der Waals surface area contributed by atoms with Crippen molar-refractivity contribution in [1.82, 2.24) is 0 Å². The molecule has 0 fully saturated rings. The largest absolute Gasteiger partial charge is 0.299 e. The quantitative estimate of drug-likeness (QED) is 0.775. The number of carbonyl (C=O) groups is 1. The molecule has 90 valence electrons. The zero-order valence-corrected chi connectivity index (χ0v) is 11.5. The molecular formula is C16H13BrO. The maximum absolute atomic E-state index is 11.9. The summed E-state index contributed by atoms with van der Waals surface area (Å²) in [6, 6.07) is 16.5. The van der Waals surface area contributed by atoms with E-state index in [1.165, 1.54) is 16.7 Å². The summed E-state index contributed by atoms with van der Waals surface area (Å²) in [5.41, 5.74) is 3.69. The van der Waals surface area contributed by atoms with E-state index in [0.717, 1.165) is 4.47 Å². The highest BCUT2D eigenvalue weighted by atomic mass is 79.9. The van der Waals surface area contributed by atoms with E-state index in [0.29, 0.717) is 18.6 Å². The van der Waals surface area contributed by atoms with Gasteiger partial charge in [-0.1, -0.05) is 52.3 Å². The highest BCUT2D eigenvalue weighted by Crippen LogP contribution is 2.35. The average molecular weight is 301 g/mol. The predicted octanol–water partition coefficient (Wildman–Crippen LogP) is 4.10. The lowest BCUT2D eigenvalue weighted by atomic mass is 9.78. The van der Waals surface area contributed by atoms with Crippen LogP contribution in [0.2, 0.25) is 0 Å². The Hall–Kier alpha value is -1.41. The fraction of sp³-hybridized carbons (Fsp3) is 0.188. The zero-order valence-electron chi connectivity index (χ0n) is 9.90. The number of fused-ring (bicyclic) bond motifs is 1. The van der Waals surface area contributed by atoms with E-state index in [1.807, 2.05) is 18.2 Å². The van der Waals surface area contributed by atoms with Crippen LogP contribution in [0, 0.1) is 0 Å². The van der Waals surface area contributed by atoms with Crippen molar-refractivity contribution in [2.45, 2.75) is 18.8 Å². The van der Waals surface area contributed by atoms with Crippen molar-refractivity contribution >= 4 is 21.7 Å². The van der Waals surface area contributed by atoms with Crippen LogP contribution in [0.4, 0.5) is 0 Å². The summed E-state index contributed by atoms with van der Waals surface area (Å²) in [6.07, 6.45) is 1.20. The van der Waals surface area contributed by atoms with E-state index in [2.05, 4.69) is 46.3 Å². The third-order valence-corrected chi connectivity index (χ3v) is 3.99. The van der Waals surface area contributed by atoms with Crippen molar-refractivity contribution < 1.29 is 4.79 Å². The number of rotatable bonds is 1. The lowest BCUT2D eigenvalue weighted by Crippen LogP contribution is -2.19. The number of ketones is 1. The van der Waals surface area contributed by atoms with Gasteiger partial charge >= 0.3 is 0 Å². The molecule has 1 aliphatic rings. The van der Waals surface area contributed by atoms with Gasteiger partial charge in [-0.15, -0.1) is 0 Å². The summed E-state index contributed by atoms with van der Waals surface area (Å²) in [5, 5.41) is 0. The second-order valence-electron chi connectivity index (χ2n) is 4.73. The number of carbonyl (C=O) groups excluding carboxylic acids is 1. The molecule has 1 atom stereocenters. The van der Waals surface area contributed by atoms with Crippen LogP contribution in [0.5, 0.6) is 0 Å². The molecule has 1 nitrogen and oxygen atoms in total. The SMILES string of the molecule is O=C1Cc2ccccc2C(c2cccc(Br)c2)C1. The molecule has 2 aromatic rings. The smallest absolute Gasteiger partial charge is 0.138 e. The summed E-state index contributed by atoms with van der Waals surface area (Å²) in [4.78, 5) is 11.9. The van der Waals surface area contributed by atoms with E-state index < -0.39 is 0 Å². The van der Waals surface area contributed by atoms with Crippen LogP contribution < -0.4 is 0 Å². The van der Waals surface area contributed by atoms with Crippen LogP contribution in [0.25, 0.3) is 0 Å². The minimum atomic E-state index is 0.208. The predicted molar refractivity (Wildman–Crippen MR) is 75.8 cm³/mol. The van der Waals surface area contributed by atoms with Gasteiger partial charge in [0.2, 0.25) is 0 Å². The van der Waals surface area contributed by atoms with E-state index in [9.17, 15) is 4.79 Å². The maximum Gasteiger partial charge on any atom is 0.138 e. The Kier molecular flexibility index (Phi) is 3.04. The highest BCUT2D eigenvalue weighted by Gasteiger charge is 2.26. The molecule has 2 aromatic carbocycles. The molecule has 0 aromatic heterocycles. The molecule has 18 heavy (non-hydrogen) atoms. The number of halogens is 1. The Morgan fingerprint density at radius 3 is 2.72 bits per heavy atom. The molecule has 0 spiro atoms. The summed E-state index contributed by atoms with van der Waals surface area (Å²) in [5.74, 6) is 0.540. The molecule has 0 amide bonds. The van der Waals surface area contributed by atoms with E-state index in [1.54, 1.807) is 0 Å². The number of benzene rings is 2. The Balaban J connectivity index is 2.10. The van der Waals surface area contributed by atoms with Crippen LogP contribution in [0.15, 0.2) is 53.0 Å². The van der Waals surface area contributed by atoms with Crippen molar-refractivity contribution in [3.8, 4) is 0 Å². The first-order valence-electron chi connectivity index (χ1n) is 6.09. The van der Waals surface area contributed by atoms with Gasteiger partial charge in [-0.2, -0.15) is 0 Å². The van der Waals surface area contributed by atoms with Gasteiger partial charge in [-0.3, -0.25) is 4.79 Å². The minimum Gasteiger partial charge on any atom is -0.299 e. The van der Waals surface area contributed by atoms with E-state index >= 15 is 0 Å². The lowest BCUT2D eigenvalue weighted by Gasteiger charge is -2.25. The number of hydrogen-bond donors (Lipinski definition) is 0. The maximum atomic E-state index is 11.9. The Labute approximate surface area is 115 Å². The molecule has 2 heteroatoms. The van der Waals surface area contributed by atoms with Gasteiger partial charge in [0.15, 0.2) is 0 Å². The number of hydrogen-bond acceptors (Lipinski definition) is 1.